The van der Waals surface area contributed by atoms with Crippen molar-refractivity contribution in [3.8, 4) is 0 Å². The first-order valence-electron chi connectivity index (χ1n) is 7.49. The van der Waals surface area contributed by atoms with Gasteiger partial charge < -0.3 is 5.32 Å². The van der Waals surface area contributed by atoms with Gasteiger partial charge in [0.15, 0.2) is 0 Å². The van der Waals surface area contributed by atoms with Crippen LogP contribution in [0.15, 0.2) is 48.7 Å². The van der Waals surface area contributed by atoms with E-state index in [4.69, 9.17) is 0 Å². The van der Waals surface area contributed by atoms with Crippen molar-refractivity contribution in [1.82, 2.24) is 10.3 Å². The van der Waals surface area contributed by atoms with Gasteiger partial charge in [-0.3, -0.25) is 4.98 Å². The molecule has 2 heteroatoms. The molecule has 2 aromatic rings. The third-order valence-electron chi connectivity index (χ3n) is 3.55. The van der Waals surface area contributed by atoms with Crippen LogP contribution < -0.4 is 5.32 Å². The molecule has 0 spiro atoms. The SMILES string of the molecule is CCNC(CCCc1ccccc1)c1cc(C)ccn1. The molecule has 1 N–H and O–H groups in total. The van der Waals surface area contributed by atoms with Crippen LogP contribution in [0.1, 0.15) is 42.6 Å². The number of benzene rings is 1. The average molecular weight is 268 g/mol. The molecular weight excluding hydrogens is 244 g/mol. The van der Waals surface area contributed by atoms with Gasteiger partial charge in [-0.1, -0.05) is 37.3 Å². The van der Waals surface area contributed by atoms with Crippen LogP contribution in [0, 0.1) is 6.92 Å². The maximum Gasteiger partial charge on any atom is 0.0575 e. The molecule has 0 aliphatic rings. The van der Waals surface area contributed by atoms with E-state index in [0.717, 1.165) is 19.4 Å². The lowest BCUT2D eigenvalue weighted by atomic mass is 10.0. The van der Waals surface area contributed by atoms with E-state index in [1.54, 1.807) is 0 Å². The third-order valence-corrected chi connectivity index (χ3v) is 3.55. The molecule has 2 rings (SSSR count). The fraction of sp³-hybridized carbons (Fsp3) is 0.389. The lowest BCUT2D eigenvalue weighted by Gasteiger charge is -2.17. The highest BCUT2D eigenvalue weighted by Crippen LogP contribution is 2.18. The van der Waals surface area contributed by atoms with Crippen LogP contribution in [-0.4, -0.2) is 11.5 Å². The lowest BCUT2D eigenvalue weighted by molar-refractivity contribution is 0.487. The van der Waals surface area contributed by atoms with E-state index in [2.05, 4.69) is 66.6 Å². The van der Waals surface area contributed by atoms with Crippen LogP contribution in [0.4, 0.5) is 0 Å². The van der Waals surface area contributed by atoms with Crippen LogP contribution in [-0.2, 0) is 6.42 Å². The third kappa shape index (κ3) is 4.46. The fourth-order valence-corrected chi connectivity index (χ4v) is 2.51. The maximum absolute atomic E-state index is 4.52. The van der Waals surface area contributed by atoms with E-state index >= 15 is 0 Å². The minimum atomic E-state index is 0.364. The molecule has 1 unspecified atom stereocenters. The van der Waals surface area contributed by atoms with E-state index in [9.17, 15) is 0 Å². The van der Waals surface area contributed by atoms with E-state index in [0.29, 0.717) is 6.04 Å². The van der Waals surface area contributed by atoms with Gasteiger partial charge in [0.25, 0.3) is 0 Å². The number of nitrogens with zero attached hydrogens (tertiary/aromatic N) is 1. The summed E-state index contributed by atoms with van der Waals surface area (Å²) >= 11 is 0. The first kappa shape index (κ1) is 14.7. The van der Waals surface area contributed by atoms with Crippen molar-refractivity contribution >= 4 is 0 Å². The van der Waals surface area contributed by atoms with E-state index in [1.807, 2.05) is 6.20 Å². The molecule has 0 bridgehead atoms. The fourth-order valence-electron chi connectivity index (χ4n) is 2.51. The van der Waals surface area contributed by atoms with Crippen molar-refractivity contribution in [2.24, 2.45) is 0 Å². The predicted molar refractivity (Wildman–Crippen MR) is 84.8 cm³/mol. The van der Waals surface area contributed by atoms with Crippen molar-refractivity contribution in [3.05, 3.63) is 65.5 Å². The van der Waals surface area contributed by atoms with Gasteiger partial charge in [0.05, 0.1) is 5.69 Å². The van der Waals surface area contributed by atoms with Gasteiger partial charge in [-0.15, -0.1) is 0 Å². The second kappa shape index (κ2) is 7.81. The van der Waals surface area contributed by atoms with Crippen LogP contribution in [0.2, 0.25) is 0 Å². The monoisotopic (exact) mass is 268 g/mol. The molecule has 0 aliphatic carbocycles. The Labute approximate surface area is 122 Å². The minimum Gasteiger partial charge on any atom is -0.309 e. The normalized spacial score (nSPS) is 12.3. The Kier molecular flexibility index (Phi) is 5.75. The van der Waals surface area contributed by atoms with Crippen molar-refractivity contribution in [3.63, 3.8) is 0 Å². The first-order chi connectivity index (χ1) is 9.79. The Morgan fingerprint density at radius 3 is 2.65 bits per heavy atom. The van der Waals surface area contributed by atoms with E-state index < -0.39 is 0 Å². The van der Waals surface area contributed by atoms with Gasteiger partial charge in [-0.2, -0.15) is 0 Å². The molecule has 1 aromatic carbocycles. The molecule has 1 atom stereocenters. The largest absolute Gasteiger partial charge is 0.309 e. The number of nitrogens with one attached hydrogen (secondary N) is 1. The smallest absolute Gasteiger partial charge is 0.0575 e. The van der Waals surface area contributed by atoms with Gasteiger partial charge in [0, 0.05) is 12.2 Å². The molecule has 0 radical (unpaired) electrons. The Balaban J connectivity index is 1.92. The quantitative estimate of drug-likeness (QED) is 0.819. The topological polar surface area (TPSA) is 24.9 Å². The molecule has 0 fully saturated rings. The van der Waals surface area contributed by atoms with Crippen molar-refractivity contribution in [1.29, 1.82) is 0 Å². The number of hydrogen-bond acceptors (Lipinski definition) is 2. The zero-order valence-electron chi connectivity index (χ0n) is 12.5. The molecule has 20 heavy (non-hydrogen) atoms. The molecule has 1 heterocycles. The highest BCUT2D eigenvalue weighted by Gasteiger charge is 2.11. The van der Waals surface area contributed by atoms with Crippen molar-refractivity contribution < 1.29 is 0 Å². The summed E-state index contributed by atoms with van der Waals surface area (Å²) in [6.45, 7) is 5.25. The summed E-state index contributed by atoms with van der Waals surface area (Å²) in [5.41, 5.74) is 3.86. The molecule has 1 aromatic heterocycles. The standard InChI is InChI=1S/C18H24N2/c1-3-19-17(18-14-15(2)12-13-20-18)11-7-10-16-8-5-4-6-9-16/h4-6,8-9,12-14,17,19H,3,7,10-11H2,1-2H3. The van der Waals surface area contributed by atoms with Gasteiger partial charge in [-0.05, 0) is 56.0 Å². The van der Waals surface area contributed by atoms with Gasteiger partial charge in [0.1, 0.15) is 0 Å². The summed E-state index contributed by atoms with van der Waals surface area (Å²) in [7, 11) is 0. The first-order valence-corrected chi connectivity index (χ1v) is 7.49. The molecule has 0 amide bonds. The highest BCUT2D eigenvalue weighted by atomic mass is 14.9. The van der Waals surface area contributed by atoms with Gasteiger partial charge in [0.2, 0.25) is 0 Å². The lowest BCUT2D eigenvalue weighted by Crippen LogP contribution is -2.22. The van der Waals surface area contributed by atoms with Gasteiger partial charge >= 0.3 is 0 Å². The highest BCUT2D eigenvalue weighted by molar-refractivity contribution is 5.18. The zero-order valence-corrected chi connectivity index (χ0v) is 12.5. The maximum atomic E-state index is 4.52. The Morgan fingerprint density at radius 1 is 1.15 bits per heavy atom. The van der Waals surface area contributed by atoms with Crippen molar-refractivity contribution in [2.45, 2.75) is 39.2 Å². The molecule has 106 valence electrons. The number of pyridine rings is 1. The van der Waals surface area contributed by atoms with Crippen LogP contribution in [0.3, 0.4) is 0 Å². The number of aryl methyl sites for hydroxylation is 2. The number of aromatic nitrogens is 1. The Hall–Kier alpha value is -1.67. The van der Waals surface area contributed by atoms with E-state index in [1.165, 1.54) is 23.2 Å². The number of rotatable bonds is 7. The van der Waals surface area contributed by atoms with Crippen LogP contribution in [0.25, 0.3) is 0 Å². The average Bonchev–Trinajstić information content (AvgIpc) is 2.47. The molecular formula is C18H24N2. The van der Waals surface area contributed by atoms with Gasteiger partial charge in [-0.25, -0.2) is 0 Å². The number of hydrogen-bond donors (Lipinski definition) is 1. The van der Waals surface area contributed by atoms with Crippen molar-refractivity contribution in [2.75, 3.05) is 6.54 Å². The molecule has 2 nitrogen and oxygen atoms in total. The predicted octanol–water partition coefficient (Wildman–Crippen LogP) is 4.06. The Bertz CT molecular complexity index is 508. The summed E-state index contributed by atoms with van der Waals surface area (Å²) in [5, 5.41) is 3.55. The van der Waals surface area contributed by atoms with Crippen LogP contribution in [0.5, 0.6) is 0 Å². The molecule has 0 saturated carbocycles. The summed E-state index contributed by atoms with van der Waals surface area (Å²) in [4.78, 5) is 4.52. The Morgan fingerprint density at radius 2 is 1.95 bits per heavy atom. The summed E-state index contributed by atoms with van der Waals surface area (Å²) in [5.74, 6) is 0. The summed E-state index contributed by atoms with van der Waals surface area (Å²) in [6.07, 6.45) is 5.34. The molecule has 0 aliphatic heterocycles. The zero-order chi connectivity index (χ0) is 14.2. The van der Waals surface area contributed by atoms with Crippen LogP contribution >= 0.6 is 0 Å². The molecule has 0 saturated heterocycles. The second-order valence-electron chi connectivity index (χ2n) is 5.25. The summed E-state index contributed by atoms with van der Waals surface area (Å²) < 4.78 is 0. The summed E-state index contributed by atoms with van der Waals surface area (Å²) in [6, 6.07) is 15.3. The van der Waals surface area contributed by atoms with E-state index in [-0.39, 0.29) is 0 Å². The second-order valence-corrected chi connectivity index (χ2v) is 5.25. The minimum absolute atomic E-state index is 0.364.